The van der Waals surface area contributed by atoms with Crippen LogP contribution >= 0.6 is 23.2 Å². The van der Waals surface area contributed by atoms with Crippen LogP contribution in [0.3, 0.4) is 0 Å². The van der Waals surface area contributed by atoms with Gasteiger partial charge in [0.15, 0.2) is 11.7 Å². The summed E-state index contributed by atoms with van der Waals surface area (Å²) in [6.45, 7) is 0. The number of nitrogens with zero attached hydrogens (tertiary/aromatic N) is 3. The van der Waals surface area contributed by atoms with Crippen molar-refractivity contribution in [2.75, 3.05) is 0 Å². The number of aromatic nitrogens is 2. The highest BCUT2D eigenvalue weighted by molar-refractivity contribution is 6.30. The standard InChI is InChI=1S/C10H7ClN2O.C9H9ClN2O/c11-9-4-1-8(2-5-9)3-6-10-12-7-14-13-10;10-8-4-1-7(2-5-8)3-6-9(11)12-13/h1-7H;1-6,13H,(H2,11,12)/b6-3+;. The minimum atomic E-state index is 0.0648. The smallest absolute Gasteiger partial charge is 0.214 e. The number of hydrogen-bond acceptors (Lipinski definition) is 5. The van der Waals surface area contributed by atoms with Gasteiger partial charge in [0.1, 0.15) is 0 Å². The average molecular weight is 403 g/mol. The maximum atomic E-state index is 8.25. The van der Waals surface area contributed by atoms with Crippen LogP contribution in [0.5, 0.6) is 0 Å². The normalized spacial score (nSPS) is 11.6. The highest BCUT2D eigenvalue weighted by Gasteiger charge is 1.91. The van der Waals surface area contributed by atoms with Crippen molar-refractivity contribution < 1.29 is 9.73 Å². The zero-order chi connectivity index (χ0) is 19.5. The van der Waals surface area contributed by atoms with E-state index in [4.69, 9.17) is 34.1 Å². The molecule has 8 heteroatoms. The first-order chi connectivity index (χ1) is 13.1. The molecule has 0 fully saturated rings. The van der Waals surface area contributed by atoms with E-state index >= 15 is 0 Å². The van der Waals surface area contributed by atoms with Crippen LogP contribution in [0.4, 0.5) is 0 Å². The lowest BCUT2D eigenvalue weighted by Gasteiger charge is -1.92. The Hall–Kier alpha value is -3.09. The molecule has 0 saturated heterocycles. The van der Waals surface area contributed by atoms with Crippen LogP contribution in [0.15, 0.2) is 70.7 Å². The Kier molecular flexibility index (Phi) is 8.09. The highest BCUT2D eigenvalue weighted by atomic mass is 35.5. The molecule has 0 radical (unpaired) electrons. The summed E-state index contributed by atoms with van der Waals surface area (Å²) in [4.78, 5) is 3.86. The quantitative estimate of drug-likeness (QED) is 0.277. The van der Waals surface area contributed by atoms with Crippen LogP contribution in [0, 0.1) is 0 Å². The Morgan fingerprint density at radius 1 is 0.926 bits per heavy atom. The lowest BCUT2D eigenvalue weighted by molar-refractivity contribution is 0.319. The molecule has 138 valence electrons. The number of nitrogens with two attached hydrogens (primary N) is 1. The molecular formula is C19H16Cl2N4O2. The first-order valence-electron chi connectivity index (χ1n) is 7.68. The fourth-order valence-electron chi connectivity index (χ4n) is 1.79. The summed E-state index contributed by atoms with van der Waals surface area (Å²) in [6.07, 6.45) is 8.18. The molecule has 2 aromatic carbocycles. The summed E-state index contributed by atoms with van der Waals surface area (Å²) in [6, 6.07) is 14.7. The van der Waals surface area contributed by atoms with Crippen LogP contribution in [0.1, 0.15) is 17.0 Å². The topological polar surface area (TPSA) is 97.5 Å². The Morgan fingerprint density at radius 2 is 1.48 bits per heavy atom. The predicted molar refractivity (Wildman–Crippen MR) is 109 cm³/mol. The molecule has 0 unspecified atom stereocenters. The first-order valence-corrected chi connectivity index (χ1v) is 8.43. The fourth-order valence-corrected chi connectivity index (χ4v) is 2.04. The molecule has 0 atom stereocenters. The predicted octanol–water partition coefficient (Wildman–Crippen LogP) is 4.99. The summed E-state index contributed by atoms with van der Waals surface area (Å²) in [5, 5.41) is 16.1. The van der Waals surface area contributed by atoms with Gasteiger partial charge in [0.2, 0.25) is 6.39 Å². The molecule has 3 aromatic rings. The fraction of sp³-hybridized carbons (Fsp3) is 0. The molecule has 27 heavy (non-hydrogen) atoms. The van der Waals surface area contributed by atoms with Gasteiger partial charge in [-0.05, 0) is 47.5 Å². The Morgan fingerprint density at radius 3 is 1.96 bits per heavy atom. The van der Waals surface area contributed by atoms with Crippen LogP contribution in [0.2, 0.25) is 10.0 Å². The van der Waals surface area contributed by atoms with E-state index in [2.05, 4.69) is 19.8 Å². The van der Waals surface area contributed by atoms with E-state index in [9.17, 15) is 0 Å². The van der Waals surface area contributed by atoms with Gasteiger partial charge in [-0.2, -0.15) is 4.98 Å². The van der Waals surface area contributed by atoms with Gasteiger partial charge in [-0.15, -0.1) is 0 Å². The van der Waals surface area contributed by atoms with Crippen LogP contribution in [-0.2, 0) is 0 Å². The van der Waals surface area contributed by atoms with E-state index in [-0.39, 0.29) is 5.84 Å². The van der Waals surface area contributed by atoms with Gasteiger partial charge in [0.25, 0.3) is 0 Å². The lowest BCUT2D eigenvalue weighted by atomic mass is 10.2. The van der Waals surface area contributed by atoms with E-state index in [1.54, 1.807) is 24.3 Å². The van der Waals surface area contributed by atoms with Crippen molar-refractivity contribution in [1.82, 2.24) is 10.1 Å². The molecule has 0 aliphatic rings. The van der Waals surface area contributed by atoms with Crippen molar-refractivity contribution in [3.05, 3.63) is 88.0 Å². The average Bonchev–Trinajstić information content (AvgIpc) is 3.21. The minimum Gasteiger partial charge on any atom is -0.409 e. The molecule has 0 spiro atoms. The minimum absolute atomic E-state index is 0.0648. The monoisotopic (exact) mass is 402 g/mol. The summed E-state index contributed by atoms with van der Waals surface area (Å²) < 4.78 is 4.59. The first kappa shape index (κ1) is 20.2. The lowest BCUT2D eigenvalue weighted by Crippen LogP contribution is -2.06. The van der Waals surface area contributed by atoms with E-state index in [0.29, 0.717) is 10.8 Å². The number of halogens is 2. The summed E-state index contributed by atoms with van der Waals surface area (Å²) in [5.41, 5.74) is 7.22. The Balaban J connectivity index is 0.000000194. The summed E-state index contributed by atoms with van der Waals surface area (Å²) >= 11 is 11.4. The van der Waals surface area contributed by atoms with Crippen LogP contribution in [0.25, 0.3) is 18.2 Å². The van der Waals surface area contributed by atoms with Gasteiger partial charge in [-0.25, -0.2) is 0 Å². The van der Waals surface area contributed by atoms with E-state index in [1.807, 2.05) is 42.5 Å². The number of amidine groups is 1. The molecule has 6 nitrogen and oxygen atoms in total. The molecule has 0 amide bonds. The molecule has 1 aromatic heterocycles. The van der Waals surface area contributed by atoms with E-state index in [1.165, 1.54) is 12.5 Å². The maximum Gasteiger partial charge on any atom is 0.214 e. The van der Waals surface area contributed by atoms with Crippen LogP contribution in [-0.4, -0.2) is 21.2 Å². The Labute approximate surface area is 166 Å². The van der Waals surface area contributed by atoms with Crippen LogP contribution < -0.4 is 5.73 Å². The third-order valence-corrected chi connectivity index (χ3v) is 3.61. The highest BCUT2D eigenvalue weighted by Crippen LogP contribution is 2.11. The molecule has 0 aliphatic carbocycles. The molecule has 0 bridgehead atoms. The van der Waals surface area contributed by atoms with Gasteiger partial charge < -0.3 is 15.5 Å². The SMILES string of the molecule is Clc1ccc(/C=C/c2ncon2)cc1.NC(C=Cc1ccc(Cl)cc1)=NO. The number of benzene rings is 2. The Bertz CT molecular complexity index is 904. The third kappa shape index (κ3) is 7.77. The number of rotatable bonds is 4. The van der Waals surface area contributed by atoms with Crippen molar-refractivity contribution >= 4 is 47.3 Å². The van der Waals surface area contributed by atoms with Crippen molar-refractivity contribution in [3.8, 4) is 0 Å². The summed E-state index contributed by atoms with van der Waals surface area (Å²) in [5.74, 6) is 0.620. The molecular weight excluding hydrogens is 387 g/mol. The van der Waals surface area contributed by atoms with Gasteiger partial charge >= 0.3 is 0 Å². The molecule has 0 saturated carbocycles. The van der Waals surface area contributed by atoms with Crippen molar-refractivity contribution in [3.63, 3.8) is 0 Å². The molecule has 3 N–H and O–H groups in total. The second-order valence-electron chi connectivity index (χ2n) is 5.08. The van der Waals surface area contributed by atoms with E-state index < -0.39 is 0 Å². The zero-order valence-electron chi connectivity index (χ0n) is 14.0. The largest absolute Gasteiger partial charge is 0.409 e. The maximum absolute atomic E-state index is 8.25. The van der Waals surface area contributed by atoms with Gasteiger partial charge in [0.05, 0.1) is 0 Å². The van der Waals surface area contributed by atoms with Crippen molar-refractivity contribution in [1.29, 1.82) is 0 Å². The van der Waals surface area contributed by atoms with Gasteiger partial charge in [-0.3, -0.25) is 0 Å². The zero-order valence-corrected chi connectivity index (χ0v) is 15.5. The second kappa shape index (κ2) is 10.8. The molecule has 0 aliphatic heterocycles. The number of hydrogen-bond donors (Lipinski definition) is 2. The van der Waals surface area contributed by atoms with Crippen molar-refractivity contribution in [2.45, 2.75) is 0 Å². The van der Waals surface area contributed by atoms with Crippen molar-refractivity contribution in [2.24, 2.45) is 10.9 Å². The molecule has 3 rings (SSSR count). The van der Waals surface area contributed by atoms with Gasteiger partial charge in [-0.1, -0.05) is 69.9 Å². The second-order valence-corrected chi connectivity index (χ2v) is 5.96. The van der Waals surface area contributed by atoms with E-state index in [0.717, 1.165) is 16.1 Å². The number of oxime groups is 1. The van der Waals surface area contributed by atoms with Gasteiger partial charge in [0, 0.05) is 10.0 Å². The third-order valence-electron chi connectivity index (χ3n) is 3.11. The summed E-state index contributed by atoms with van der Waals surface area (Å²) in [7, 11) is 0. The molecule has 1 heterocycles.